The van der Waals surface area contributed by atoms with Gasteiger partial charge in [-0.15, -0.1) is 0 Å². The Hall–Kier alpha value is -8.19. The van der Waals surface area contributed by atoms with Crippen molar-refractivity contribution in [3.05, 3.63) is 218 Å². The summed E-state index contributed by atoms with van der Waals surface area (Å²) in [7, 11) is 0. The molecule has 10 aromatic carbocycles. The van der Waals surface area contributed by atoms with Crippen LogP contribution in [0.5, 0.6) is 0 Å². The molecule has 3 nitrogen and oxygen atoms in total. The SMILES string of the molecule is N#Cc1ccc(-c2ccc(-c3cc(-c4ccc(-c5c6ccccc6c(-c6ccccc6)c6ccc7ccccc7c56)c5ccccc45)nc(-c4ccccc4)n3)cc2)cc1. The molecule has 0 N–H and O–H groups in total. The van der Waals surface area contributed by atoms with Crippen LogP contribution in [0, 0.1) is 11.3 Å². The normalized spacial score (nSPS) is 11.3. The molecule has 60 heavy (non-hydrogen) atoms. The summed E-state index contributed by atoms with van der Waals surface area (Å²) >= 11 is 0. The average molecular weight is 762 g/mol. The zero-order chi connectivity index (χ0) is 40.0. The van der Waals surface area contributed by atoms with Gasteiger partial charge in [0.25, 0.3) is 0 Å². The summed E-state index contributed by atoms with van der Waals surface area (Å²) in [6.45, 7) is 0. The van der Waals surface area contributed by atoms with E-state index in [0.29, 0.717) is 11.4 Å². The third-order valence-electron chi connectivity index (χ3n) is 11.7. The van der Waals surface area contributed by atoms with Crippen LogP contribution in [0.25, 0.3) is 110 Å². The fourth-order valence-corrected chi connectivity index (χ4v) is 8.90. The van der Waals surface area contributed by atoms with Gasteiger partial charge in [-0.3, -0.25) is 0 Å². The molecule has 0 amide bonds. The number of fused-ring (bicyclic) bond motifs is 5. The van der Waals surface area contributed by atoms with E-state index in [1.165, 1.54) is 54.6 Å². The highest BCUT2D eigenvalue weighted by Gasteiger charge is 2.21. The molecule has 0 aliphatic carbocycles. The van der Waals surface area contributed by atoms with Crippen LogP contribution < -0.4 is 0 Å². The van der Waals surface area contributed by atoms with Crippen LogP contribution in [0.15, 0.2) is 212 Å². The predicted octanol–water partition coefficient (Wildman–Crippen LogP) is 15.0. The zero-order valence-corrected chi connectivity index (χ0v) is 32.5. The van der Waals surface area contributed by atoms with Gasteiger partial charge >= 0.3 is 0 Å². The van der Waals surface area contributed by atoms with E-state index >= 15 is 0 Å². The molecule has 1 heterocycles. The summed E-state index contributed by atoms with van der Waals surface area (Å²) in [5, 5.41) is 19.0. The topological polar surface area (TPSA) is 49.6 Å². The predicted molar refractivity (Wildman–Crippen MR) is 249 cm³/mol. The van der Waals surface area contributed by atoms with Gasteiger partial charge in [-0.2, -0.15) is 5.26 Å². The van der Waals surface area contributed by atoms with Crippen molar-refractivity contribution in [1.29, 1.82) is 5.26 Å². The molecule has 11 aromatic rings. The van der Waals surface area contributed by atoms with Crippen molar-refractivity contribution in [2.45, 2.75) is 0 Å². The quantitative estimate of drug-likeness (QED) is 0.125. The summed E-state index contributed by atoms with van der Waals surface area (Å²) in [6.07, 6.45) is 0. The van der Waals surface area contributed by atoms with E-state index in [0.717, 1.165) is 50.0 Å². The second-order valence-corrected chi connectivity index (χ2v) is 15.2. The molecule has 0 saturated carbocycles. The van der Waals surface area contributed by atoms with E-state index in [1.807, 2.05) is 42.5 Å². The van der Waals surface area contributed by atoms with Gasteiger partial charge in [0.05, 0.1) is 23.0 Å². The average Bonchev–Trinajstić information content (AvgIpc) is 3.33. The first-order valence-corrected chi connectivity index (χ1v) is 20.2. The van der Waals surface area contributed by atoms with Crippen LogP contribution in [-0.2, 0) is 0 Å². The van der Waals surface area contributed by atoms with Crippen LogP contribution in [0.4, 0.5) is 0 Å². The third-order valence-corrected chi connectivity index (χ3v) is 11.7. The highest BCUT2D eigenvalue weighted by molar-refractivity contribution is 6.29. The molecule has 1 aromatic heterocycles. The minimum absolute atomic E-state index is 0.647. The fraction of sp³-hybridized carbons (Fsp3) is 0. The van der Waals surface area contributed by atoms with Gasteiger partial charge < -0.3 is 0 Å². The molecule has 0 radical (unpaired) electrons. The van der Waals surface area contributed by atoms with Gasteiger partial charge in [-0.25, -0.2) is 9.97 Å². The standard InChI is InChI=1S/C57H35N3/c58-36-37-23-25-38(26-24-37)39-27-29-41(30-28-39)52-35-53(60-57(59-52)43-16-5-2-6-17-43)47-33-34-50(46-20-10-9-19-45(46)47)56-49-22-12-11-21-48(49)54(42-14-3-1-4-15-42)51-32-31-40-13-7-8-18-44(40)55(51)56/h1-35H. The van der Waals surface area contributed by atoms with Gasteiger partial charge in [-0.1, -0.05) is 194 Å². The Kier molecular flexibility index (Phi) is 8.54. The molecule has 0 aliphatic rings. The fourth-order valence-electron chi connectivity index (χ4n) is 8.90. The van der Waals surface area contributed by atoms with Gasteiger partial charge in [0, 0.05) is 16.7 Å². The summed E-state index contributed by atoms with van der Waals surface area (Å²) in [4.78, 5) is 10.4. The Morgan fingerprint density at radius 3 is 1.53 bits per heavy atom. The number of nitrogens with zero attached hydrogens (tertiary/aromatic N) is 3. The number of rotatable bonds is 6. The van der Waals surface area contributed by atoms with E-state index in [4.69, 9.17) is 9.97 Å². The molecule has 0 fully saturated rings. The minimum Gasteiger partial charge on any atom is -0.228 e. The van der Waals surface area contributed by atoms with E-state index < -0.39 is 0 Å². The van der Waals surface area contributed by atoms with Crippen LogP contribution in [-0.4, -0.2) is 9.97 Å². The number of aromatic nitrogens is 2. The van der Waals surface area contributed by atoms with Crippen molar-refractivity contribution in [3.8, 4) is 73.4 Å². The van der Waals surface area contributed by atoms with Crippen LogP contribution in [0.1, 0.15) is 5.56 Å². The first kappa shape index (κ1) is 35.0. The van der Waals surface area contributed by atoms with Crippen molar-refractivity contribution in [2.24, 2.45) is 0 Å². The smallest absolute Gasteiger partial charge is 0.160 e. The van der Waals surface area contributed by atoms with E-state index in [9.17, 15) is 5.26 Å². The number of nitriles is 1. The number of benzene rings is 10. The summed E-state index contributed by atoms with van der Waals surface area (Å²) in [6, 6.07) is 77.1. The first-order chi connectivity index (χ1) is 29.7. The maximum absolute atomic E-state index is 9.29. The Balaban J connectivity index is 1.14. The van der Waals surface area contributed by atoms with E-state index in [1.54, 1.807) is 0 Å². The molecular formula is C57H35N3. The highest BCUT2D eigenvalue weighted by Crippen LogP contribution is 2.48. The summed E-state index contributed by atoms with van der Waals surface area (Å²) in [5.41, 5.74) is 12.4. The van der Waals surface area contributed by atoms with Crippen molar-refractivity contribution >= 4 is 43.1 Å². The Morgan fingerprint density at radius 2 is 0.850 bits per heavy atom. The van der Waals surface area contributed by atoms with Crippen LogP contribution in [0.3, 0.4) is 0 Å². The summed E-state index contributed by atoms with van der Waals surface area (Å²) < 4.78 is 0. The maximum atomic E-state index is 9.29. The van der Waals surface area contributed by atoms with Crippen molar-refractivity contribution in [1.82, 2.24) is 9.97 Å². The second kappa shape index (κ2) is 14.6. The molecular weight excluding hydrogens is 727 g/mol. The van der Waals surface area contributed by atoms with E-state index in [2.05, 4.69) is 176 Å². The van der Waals surface area contributed by atoms with Crippen LogP contribution >= 0.6 is 0 Å². The highest BCUT2D eigenvalue weighted by atomic mass is 14.9. The lowest BCUT2D eigenvalue weighted by molar-refractivity contribution is 1.18. The molecule has 0 saturated heterocycles. The number of hydrogen-bond donors (Lipinski definition) is 0. The zero-order valence-electron chi connectivity index (χ0n) is 32.5. The molecule has 278 valence electrons. The van der Waals surface area contributed by atoms with Crippen LogP contribution in [0.2, 0.25) is 0 Å². The maximum Gasteiger partial charge on any atom is 0.160 e. The minimum atomic E-state index is 0.647. The Labute approximate surface area is 348 Å². The van der Waals surface area contributed by atoms with E-state index in [-0.39, 0.29) is 0 Å². The molecule has 11 rings (SSSR count). The molecule has 3 heteroatoms. The van der Waals surface area contributed by atoms with Gasteiger partial charge in [0.1, 0.15) is 0 Å². The lowest BCUT2D eigenvalue weighted by atomic mass is 9.82. The largest absolute Gasteiger partial charge is 0.228 e. The van der Waals surface area contributed by atoms with Gasteiger partial charge in [0.2, 0.25) is 0 Å². The molecule has 0 aliphatic heterocycles. The second-order valence-electron chi connectivity index (χ2n) is 15.2. The Bertz CT molecular complexity index is 3460. The van der Waals surface area contributed by atoms with Crippen molar-refractivity contribution in [3.63, 3.8) is 0 Å². The van der Waals surface area contributed by atoms with Gasteiger partial charge in [0.15, 0.2) is 5.82 Å². The lowest BCUT2D eigenvalue weighted by Crippen LogP contribution is -1.97. The third kappa shape index (κ3) is 5.99. The van der Waals surface area contributed by atoms with Gasteiger partial charge in [-0.05, 0) is 94.7 Å². The Morgan fingerprint density at radius 1 is 0.333 bits per heavy atom. The molecule has 0 spiro atoms. The monoisotopic (exact) mass is 761 g/mol. The number of hydrogen-bond acceptors (Lipinski definition) is 3. The molecule has 0 unspecified atom stereocenters. The lowest BCUT2D eigenvalue weighted by Gasteiger charge is -2.21. The van der Waals surface area contributed by atoms with Crippen molar-refractivity contribution < 1.29 is 0 Å². The first-order valence-electron chi connectivity index (χ1n) is 20.2. The molecule has 0 atom stereocenters. The van der Waals surface area contributed by atoms with Crippen molar-refractivity contribution in [2.75, 3.05) is 0 Å². The molecule has 0 bridgehead atoms. The summed E-state index contributed by atoms with van der Waals surface area (Å²) in [5.74, 6) is 0.674.